The summed E-state index contributed by atoms with van der Waals surface area (Å²) in [7, 11) is 0. The normalized spacial score (nSPS) is 14.7. The standard InChI is InChI=1S/C23H28N4O4/c1-13-11-17(15(3)30-13)19-12-18(20-14(2)27-31-23(20)26-19)22(29)25-10-9-24-21(28)16-7-5-4-6-8-16/h11-12,16H,4-10H2,1-3H3,(H,24,28)(H,25,29). The van der Waals surface area contributed by atoms with Gasteiger partial charge < -0.3 is 19.6 Å². The third kappa shape index (κ3) is 4.47. The fraction of sp³-hybridized carbons (Fsp3) is 0.478. The van der Waals surface area contributed by atoms with Crippen LogP contribution in [0.25, 0.3) is 22.4 Å². The Bertz CT molecular complexity index is 1110. The largest absolute Gasteiger partial charge is 0.466 e. The maximum atomic E-state index is 13.0. The van der Waals surface area contributed by atoms with Gasteiger partial charge in [-0.05, 0) is 45.7 Å². The fourth-order valence-electron chi connectivity index (χ4n) is 4.26. The second kappa shape index (κ2) is 8.91. The number of carbonyl (C=O) groups excluding carboxylic acids is 2. The van der Waals surface area contributed by atoms with Crippen molar-refractivity contribution >= 4 is 22.9 Å². The molecule has 8 heteroatoms. The summed E-state index contributed by atoms with van der Waals surface area (Å²) >= 11 is 0. The molecule has 0 spiro atoms. The van der Waals surface area contributed by atoms with Gasteiger partial charge in [-0.25, -0.2) is 4.98 Å². The van der Waals surface area contributed by atoms with Gasteiger partial charge in [0.15, 0.2) is 0 Å². The van der Waals surface area contributed by atoms with Crippen molar-refractivity contribution in [1.82, 2.24) is 20.8 Å². The molecule has 0 aromatic carbocycles. The first-order chi connectivity index (χ1) is 14.9. The van der Waals surface area contributed by atoms with Crippen LogP contribution in [0.5, 0.6) is 0 Å². The molecular weight excluding hydrogens is 396 g/mol. The number of pyridine rings is 1. The summed E-state index contributed by atoms with van der Waals surface area (Å²) in [6.45, 7) is 6.23. The number of carbonyl (C=O) groups is 2. The van der Waals surface area contributed by atoms with E-state index in [0.717, 1.165) is 42.8 Å². The lowest BCUT2D eigenvalue weighted by Crippen LogP contribution is -2.38. The van der Waals surface area contributed by atoms with Crippen LogP contribution >= 0.6 is 0 Å². The zero-order valence-corrected chi connectivity index (χ0v) is 18.2. The van der Waals surface area contributed by atoms with Gasteiger partial charge in [-0.3, -0.25) is 9.59 Å². The van der Waals surface area contributed by atoms with Crippen molar-refractivity contribution in [3.63, 3.8) is 0 Å². The summed E-state index contributed by atoms with van der Waals surface area (Å²) in [5, 5.41) is 10.4. The number of aromatic nitrogens is 2. The molecule has 0 aliphatic heterocycles. The lowest BCUT2D eigenvalue weighted by molar-refractivity contribution is -0.125. The Morgan fingerprint density at radius 3 is 2.52 bits per heavy atom. The smallest absolute Gasteiger partial charge is 0.259 e. The predicted octanol–water partition coefficient (Wildman–Crippen LogP) is 3.83. The van der Waals surface area contributed by atoms with E-state index in [9.17, 15) is 9.59 Å². The predicted molar refractivity (Wildman–Crippen MR) is 116 cm³/mol. The van der Waals surface area contributed by atoms with Crippen molar-refractivity contribution in [2.45, 2.75) is 52.9 Å². The number of rotatable bonds is 6. The first-order valence-corrected chi connectivity index (χ1v) is 10.8. The van der Waals surface area contributed by atoms with E-state index in [4.69, 9.17) is 8.94 Å². The van der Waals surface area contributed by atoms with E-state index in [2.05, 4.69) is 20.8 Å². The quantitative estimate of drug-likeness (QED) is 0.582. The first kappa shape index (κ1) is 21.1. The highest BCUT2D eigenvalue weighted by Crippen LogP contribution is 2.30. The number of hydrogen-bond acceptors (Lipinski definition) is 6. The zero-order valence-electron chi connectivity index (χ0n) is 18.2. The molecule has 0 radical (unpaired) electrons. The van der Waals surface area contributed by atoms with Crippen LogP contribution in [0, 0.1) is 26.7 Å². The molecule has 164 valence electrons. The van der Waals surface area contributed by atoms with Gasteiger partial charge in [0.1, 0.15) is 11.5 Å². The van der Waals surface area contributed by atoms with Gasteiger partial charge in [0.05, 0.1) is 22.3 Å². The molecule has 2 amide bonds. The average Bonchev–Trinajstić information content (AvgIpc) is 3.32. The van der Waals surface area contributed by atoms with Crippen LogP contribution in [-0.2, 0) is 4.79 Å². The van der Waals surface area contributed by atoms with Crippen LogP contribution in [-0.4, -0.2) is 35.0 Å². The summed E-state index contributed by atoms with van der Waals surface area (Å²) in [5.41, 5.74) is 2.75. The number of amides is 2. The van der Waals surface area contributed by atoms with Crippen molar-refractivity contribution in [1.29, 1.82) is 0 Å². The fourth-order valence-corrected chi connectivity index (χ4v) is 4.26. The van der Waals surface area contributed by atoms with Crippen LogP contribution < -0.4 is 10.6 Å². The van der Waals surface area contributed by atoms with Gasteiger partial charge in [0.25, 0.3) is 11.6 Å². The molecule has 3 aromatic heterocycles. The molecule has 0 bridgehead atoms. The third-order valence-electron chi connectivity index (χ3n) is 5.86. The topological polar surface area (TPSA) is 110 Å². The second-order valence-corrected chi connectivity index (χ2v) is 8.21. The molecule has 31 heavy (non-hydrogen) atoms. The Labute approximate surface area is 180 Å². The van der Waals surface area contributed by atoms with Crippen molar-refractivity contribution in [2.24, 2.45) is 5.92 Å². The Morgan fingerprint density at radius 1 is 1.06 bits per heavy atom. The van der Waals surface area contributed by atoms with Gasteiger partial charge in [0, 0.05) is 24.6 Å². The molecule has 1 fully saturated rings. The Kier molecular flexibility index (Phi) is 6.06. The number of nitrogens with one attached hydrogen (secondary N) is 2. The lowest BCUT2D eigenvalue weighted by Gasteiger charge is -2.20. The van der Waals surface area contributed by atoms with Crippen LogP contribution in [0.2, 0.25) is 0 Å². The molecule has 2 N–H and O–H groups in total. The Morgan fingerprint density at radius 2 is 1.81 bits per heavy atom. The van der Waals surface area contributed by atoms with Gasteiger partial charge in [0.2, 0.25) is 5.91 Å². The van der Waals surface area contributed by atoms with Crippen molar-refractivity contribution in [3.05, 3.63) is 34.9 Å². The molecule has 0 unspecified atom stereocenters. The molecule has 1 aliphatic carbocycles. The van der Waals surface area contributed by atoms with Crippen molar-refractivity contribution in [3.8, 4) is 11.3 Å². The maximum absolute atomic E-state index is 13.0. The molecule has 8 nitrogen and oxygen atoms in total. The van der Waals surface area contributed by atoms with Crippen LogP contribution in [0.1, 0.15) is 59.7 Å². The first-order valence-electron chi connectivity index (χ1n) is 10.8. The highest BCUT2D eigenvalue weighted by molar-refractivity contribution is 6.07. The highest BCUT2D eigenvalue weighted by atomic mass is 16.5. The van der Waals surface area contributed by atoms with Crippen molar-refractivity contribution in [2.75, 3.05) is 13.1 Å². The SMILES string of the molecule is Cc1cc(-c2cc(C(=O)NCCNC(=O)C3CCCCC3)c3c(C)noc3n2)c(C)o1. The van der Waals surface area contributed by atoms with E-state index in [1.54, 1.807) is 13.0 Å². The van der Waals surface area contributed by atoms with Gasteiger partial charge in [-0.1, -0.05) is 24.4 Å². The average molecular weight is 425 g/mol. The minimum absolute atomic E-state index is 0.0863. The summed E-state index contributed by atoms with van der Waals surface area (Å²) in [5.74, 6) is 1.42. The Balaban J connectivity index is 1.47. The number of hydrogen-bond donors (Lipinski definition) is 2. The molecule has 3 aromatic rings. The van der Waals surface area contributed by atoms with E-state index in [1.165, 1.54) is 6.42 Å². The molecule has 1 saturated carbocycles. The number of nitrogens with zero attached hydrogens (tertiary/aromatic N) is 2. The number of furan rings is 1. The van der Waals surface area contributed by atoms with Gasteiger partial charge in [-0.15, -0.1) is 0 Å². The zero-order chi connectivity index (χ0) is 22.0. The van der Waals surface area contributed by atoms with E-state index < -0.39 is 0 Å². The van der Waals surface area contributed by atoms with Gasteiger partial charge >= 0.3 is 0 Å². The minimum Gasteiger partial charge on any atom is -0.466 e. The van der Waals surface area contributed by atoms with E-state index in [1.807, 2.05) is 19.9 Å². The molecule has 4 rings (SSSR count). The highest BCUT2D eigenvalue weighted by Gasteiger charge is 2.22. The van der Waals surface area contributed by atoms with Crippen LogP contribution in [0.3, 0.4) is 0 Å². The summed E-state index contributed by atoms with van der Waals surface area (Å²) in [6, 6.07) is 3.62. The molecule has 3 heterocycles. The van der Waals surface area contributed by atoms with Crippen molar-refractivity contribution < 1.29 is 18.5 Å². The molecule has 1 aliphatic rings. The number of aryl methyl sites for hydroxylation is 3. The molecular formula is C23H28N4O4. The van der Waals surface area contributed by atoms with Crippen LogP contribution in [0.4, 0.5) is 0 Å². The second-order valence-electron chi connectivity index (χ2n) is 8.21. The summed E-state index contributed by atoms with van der Waals surface area (Å²) in [4.78, 5) is 29.8. The van der Waals surface area contributed by atoms with E-state index in [0.29, 0.717) is 41.1 Å². The van der Waals surface area contributed by atoms with E-state index >= 15 is 0 Å². The monoisotopic (exact) mass is 424 g/mol. The summed E-state index contributed by atoms with van der Waals surface area (Å²) < 4.78 is 11.0. The third-order valence-corrected chi connectivity index (χ3v) is 5.86. The molecule has 0 atom stereocenters. The minimum atomic E-state index is -0.260. The van der Waals surface area contributed by atoms with Crippen LogP contribution in [0.15, 0.2) is 21.1 Å². The Hall–Kier alpha value is -3.16. The number of fused-ring (bicyclic) bond motifs is 1. The molecule has 0 saturated heterocycles. The van der Waals surface area contributed by atoms with E-state index in [-0.39, 0.29) is 17.7 Å². The maximum Gasteiger partial charge on any atom is 0.259 e. The summed E-state index contributed by atoms with van der Waals surface area (Å²) in [6.07, 6.45) is 5.35. The van der Waals surface area contributed by atoms with Gasteiger partial charge in [-0.2, -0.15) is 0 Å². The lowest BCUT2D eigenvalue weighted by atomic mass is 9.89.